The van der Waals surface area contributed by atoms with Gasteiger partial charge in [0, 0.05) is 10.6 Å². The second-order valence-corrected chi connectivity index (χ2v) is 6.46. The van der Waals surface area contributed by atoms with E-state index >= 15 is 0 Å². The molecule has 0 radical (unpaired) electrons. The van der Waals surface area contributed by atoms with Crippen molar-refractivity contribution < 1.29 is 14.3 Å². The Bertz CT molecular complexity index is 797. The van der Waals surface area contributed by atoms with E-state index in [-0.39, 0.29) is 0 Å². The highest BCUT2D eigenvalue weighted by Gasteiger charge is 2.20. The Hall–Kier alpha value is -2.78. The summed E-state index contributed by atoms with van der Waals surface area (Å²) in [6, 6.07) is 15.6. The zero-order valence-electron chi connectivity index (χ0n) is 14.0. The maximum Gasteiger partial charge on any atom is 0.340 e. The van der Waals surface area contributed by atoms with Gasteiger partial charge in [0.15, 0.2) is 6.10 Å². The molecule has 1 atom stereocenters. The van der Waals surface area contributed by atoms with Gasteiger partial charge < -0.3 is 10.1 Å². The van der Waals surface area contributed by atoms with Crippen LogP contribution in [0.5, 0.6) is 0 Å². The van der Waals surface area contributed by atoms with E-state index in [0.717, 1.165) is 10.6 Å². The Balaban J connectivity index is 2.00. The smallest absolute Gasteiger partial charge is 0.340 e. The highest BCUT2D eigenvalue weighted by Crippen LogP contribution is 2.23. The topological polar surface area (TPSA) is 79.2 Å². The Morgan fingerprint density at radius 1 is 1.20 bits per heavy atom. The summed E-state index contributed by atoms with van der Waals surface area (Å²) in [5.74, 6) is -0.128. The largest absolute Gasteiger partial charge is 0.449 e. The van der Waals surface area contributed by atoms with Crippen LogP contribution in [-0.4, -0.2) is 23.7 Å². The van der Waals surface area contributed by atoms with E-state index in [9.17, 15) is 9.59 Å². The summed E-state index contributed by atoms with van der Waals surface area (Å²) in [4.78, 5) is 25.4. The maximum absolute atomic E-state index is 12.3. The molecule has 2 aromatic rings. The summed E-state index contributed by atoms with van der Waals surface area (Å²) in [6.45, 7) is 3.52. The van der Waals surface area contributed by atoms with Crippen molar-refractivity contribution in [1.29, 1.82) is 5.26 Å². The molecule has 0 bridgehead atoms. The number of hydrogen-bond acceptors (Lipinski definition) is 5. The molecule has 1 amide bonds. The van der Waals surface area contributed by atoms with Crippen LogP contribution >= 0.6 is 11.8 Å². The van der Waals surface area contributed by atoms with Gasteiger partial charge in [0.25, 0.3) is 5.91 Å². The summed E-state index contributed by atoms with van der Waals surface area (Å²) in [5, 5.41) is 11.4. The van der Waals surface area contributed by atoms with E-state index in [1.165, 1.54) is 6.92 Å². The van der Waals surface area contributed by atoms with Crippen molar-refractivity contribution in [2.24, 2.45) is 0 Å². The summed E-state index contributed by atoms with van der Waals surface area (Å²) in [6.07, 6.45) is -0.942. The van der Waals surface area contributed by atoms with Gasteiger partial charge in [-0.25, -0.2) is 4.79 Å². The number of esters is 1. The fourth-order valence-corrected chi connectivity index (χ4v) is 2.86. The molecule has 2 aromatic carbocycles. The van der Waals surface area contributed by atoms with Crippen LogP contribution in [0.3, 0.4) is 0 Å². The van der Waals surface area contributed by atoms with Gasteiger partial charge in [0.2, 0.25) is 0 Å². The van der Waals surface area contributed by atoms with Crippen molar-refractivity contribution >= 4 is 29.3 Å². The van der Waals surface area contributed by atoms with E-state index in [0.29, 0.717) is 16.8 Å². The summed E-state index contributed by atoms with van der Waals surface area (Å²) >= 11 is 1.54. The molecule has 0 aliphatic carbocycles. The van der Waals surface area contributed by atoms with Crippen molar-refractivity contribution in [3.63, 3.8) is 0 Å². The van der Waals surface area contributed by atoms with E-state index in [1.54, 1.807) is 48.2 Å². The van der Waals surface area contributed by atoms with Crippen LogP contribution in [0.1, 0.15) is 29.8 Å². The molecule has 0 aliphatic rings. The van der Waals surface area contributed by atoms with Gasteiger partial charge in [-0.2, -0.15) is 5.26 Å². The van der Waals surface area contributed by atoms with Gasteiger partial charge in [-0.3, -0.25) is 4.79 Å². The Morgan fingerprint density at radius 3 is 2.52 bits per heavy atom. The zero-order valence-corrected chi connectivity index (χ0v) is 14.8. The molecule has 0 spiro atoms. The standard InChI is InChI=1S/C19H18N2O3S/c1-3-25-17-7-5-4-6-16(17)19(23)24-13(2)18(22)21-15-10-8-14(12-20)9-11-15/h4-11,13H,3H2,1-2H3,(H,21,22)/t13-/m1/s1. The monoisotopic (exact) mass is 354 g/mol. The normalized spacial score (nSPS) is 11.2. The van der Waals surface area contributed by atoms with Crippen molar-refractivity contribution in [2.75, 3.05) is 11.1 Å². The van der Waals surface area contributed by atoms with Crippen molar-refractivity contribution in [2.45, 2.75) is 24.8 Å². The first-order chi connectivity index (χ1) is 12.0. The fourth-order valence-electron chi connectivity index (χ4n) is 2.07. The van der Waals surface area contributed by atoms with Crippen molar-refractivity contribution in [3.8, 4) is 6.07 Å². The Labute approximate surface area is 151 Å². The molecule has 0 saturated carbocycles. The average Bonchev–Trinajstić information content (AvgIpc) is 2.63. The third kappa shape index (κ3) is 5.10. The summed E-state index contributed by atoms with van der Waals surface area (Å²) in [7, 11) is 0. The molecule has 2 rings (SSSR count). The molecular formula is C19H18N2O3S. The predicted molar refractivity (Wildman–Crippen MR) is 97.5 cm³/mol. The van der Waals surface area contributed by atoms with Crippen molar-refractivity contribution in [1.82, 2.24) is 0 Å². The van der Waals surface area contributed by atoms with Crippen LogP contribution in [0.25, 0.3) is 0 Å². The van der Waals surface area contributed by atoms with Crippen LogP contribution in [0.15, 0.2) is 53.4 Å². The van der Waals surface area contributed by atoms with Gasteiger partial charge >= 0.3 is 5.97 Å². The summed E-state index contributed by atoms with van der Waals surface area (Å²) in [5.41, 5.74) is 1.49. The molecule has 128 valence electrons. The SMILES string of the molecule is CCSc1ccccc1C(=O)O[C@H](C)C(=O)Nc1ccc(C#N)cc1. The van der Waals surface area contributed by atoms with Crippen LogP contribution in [0, 0.1) is 11.3 Å². The minimum atomic E-state index is -0.942. The molecule has 0 heterocycles. The predicted octanol–water partition coefficient (Wildman–Crippen LogP) is 3.85. The van der Waals surface area contributed by atoms with Crippen LogP contribution in [0.4, 0.5) is 5.69 Å². The van der Waals surface area contributed by atoms with Crippen molar-refractivity contribution in [3.05, 3.63) is 59.7 Å². The Kier molecular flexibility index (Phi) is 6.61. The fraction of sp³-hybridized carbons (Fsp3) is 0.211. The number of hydrogen-bond donors (Lipinski definition) is 1. The minimum Gasteiger partial charge on any atom is -0.449 e. The number of thioether (sulfide) groups is 1. The van der Waals surface area contributed by atoms with Gasteiger partial charge in [-0.15, -0.1) is 11.8 Å². The average molecular weight is 354 g/mol. The lowest BCUT2D eigenvalue weighted by molar-refractivity contribution is -0.123. The molecule has 0 aliphatic heterocycles. The van der Waals surface area contributed by atoms with Crippen LogP contribution in [0.2, 0.25) is 0 Å². The highest BCUT2D eigenvalue weighted by molar-refractivity contribution is 7.99. The van der Waals surface area contributed by atoms with Crippen LogP contribution in [-0.2, 0) is 9.53 Å². The van der Waals surface area contributed by atoms with Gasteiger partial charge in [-0.05, 0) is 49.1 Å². The second kappa shape index (κ2) is 8.90. The first-order valence-corrected chi connectivity index (χ1v) is 8.77. The third-order valence-electron chi connectivity index (χ3n) is 3.34. The van der Waals surface area contributed by atoms with Gasteiger partial charge in [-0.1, -0.05) is 19.1 Å². The molecule has 0 unspecified atom stereocenters. The first kappa shape index (κ1) is 18.6. The van der Waals surface area contributed by atoms with Crippen LogP contribution < -0.4 is 5.32 Å². The molecular weight excluding hydrogens is 336 g/mol. The lowest BCUT2D eigenvalue weighted by atomic mass is 10.2. The number of anilines is 1. The van der Waals surface area contributed by atoms with Gasteiger partial charge in [0.05, 0.1) is 17.2 Å². The van der Waals surface area contributed by atoms with E-state index in [2.05, 4.69) is 5.32 Å². The number of carbonyl (C=O) groups is 2. The number of amides is 1. The summed E-state index contributed by atoms with van der Waals surface area (Å²) < 4.78 is 5.29. The van der Waals surface area contributed by atoms with E-state index in [1.807, 2.05) is 25.1 Å². The molecule has 5 nitrogen and oxygen atoms in total. The Morgan fingerprint density at radius 2 is 1.88 bits per heavy atom. The second-order valence-electron chi connectivity index (χ2n) is 5.16. The lowest BCUT2D eigenvalue weighted by Gasteiger charge is -2.15. The molecule has 25 heavy (non-hydrogen) atoms. The number of carbonyl (C=O) groups excluding carboxylic acids is 2. The quantitative estimate of drug-likeness (QED) is 0.629. The highest BCUT2D eigenvalue weighted by atomic mass is 32.2. The number of ether oxygens (including phenoxy) is 1. The number of nitrogens with zero attached hydrogens (tertiary/aromatic N) is 1. The number of nitriles is 1. The maximum atomic E-state index is 12.3. The molecule has 6 heteroatoms. The number of rotatable bonds is 6. The van der Waals surface area contributed by atoms with E-state index in [4.69, 9.17) is 10.00 Å². The third-order valence-corrected chi connectivity index (χ3v) is 4.30. The molecule has 0 aromatic heterocycles. The molecule has 0 fully saturated rings. The number of benzene rings is 2. The zero-order chi connectivity index (χ0) is 18.2. The number of nitrogens with one attached hydrogen (secondary N) is 1. The minimum absolute atomic E-state index is 0.432. The van der Waals surface area contributed by atoms with Gasteiger partial charge in [0.1, 0.15) is 0 Å². The van der Waals surface area contributed by atoms with E-state index < -0.39 is 18.0 Å². The molecule has 0 saturated heterocycles. The molecule has 1 N–H and O–H groups in total. The lowest BCUT2D eigenvalue weighted by Crippen LogP contribution is -2.30. The first-order valence-electron chi connectivity index (χ1n) is 7.79.